The Balaban J connectivity index is 2.01. The maximum absolute atomic E-state index is 12.2. The van der Waals surface area contributed by atoms with Crippen LogP contribution in [0.15, 0.2) is 18.2 Å². The molecule has 1 fully saturated rings. The number of aliphatic hydroxyl groups excluding tert-OH is 1. The number of aliphatic hydroxyl groups is 1. The third-order valence-electron chi connectivity index (χ3n) is 4.15. The fourth-order valence-corrected chi connectivity index (χ4v) is 2.73. The monoisotopic (exact) mass is 307 g/mol. The van der Waals surface area contributed by atoms with Crippen molar-refractivity contribution in [2.75, 3.05) is 18.9 Å². The normalized spacial score (nSPS) is 20.7. The Morgan fingerprint density at radius 2 is 2.23 bits per heavy atom. The van der Waals surface area contributed by atoms with Crippen molar-refractivity contribution < 1.29 is 14.8 Å². The summed E-state index contributed by atoms with van der Waals surface area (Å²) in [4.78, 5) is 24.0. The van der Waals surface area contributed by atoms with Gasteiger partial charge < -0.3 is 15.3 Å². The van der Waals surface area contributed by atoms with Crippen LogP contribution in [0.3, 0.4) is 0 Å². The van der Waals surface area contributed by atoms with Crippen LogP contribution < -0.4 is 5.32 Å². The molecule has 1 aromatic rings. The van der Waals surface area contributed by atoms with Crippen LogP contribution in [-0.2, 0) is 0 Å². The number of amides is 2. The summed E-state index contributed by atoms with van der Waals surface area (Å²) in [5.41, 5.74) is 1.13. The number of nitro benzene ring substituents is 1. The summed E-state index contributed by atoms with van der Waals surface area (Å²) in [6.45, 7) is 2.25. The van der Waals surface area contributed by atoms with E-state index in [9.17, 15) is 20.0 Å². The zero-order valence-corrected chi connectivity index (χ0v) is 12.8. The van der Waals surface area contributed by atoms with E-state index in [2.05, 4.69) is 5.32 Å². The van der Waals surface area contributed by atoms with Gasteiger partial charge in [0.25, 0.3) is 5.69 Å². The van der Waals surface area contributed by atoms with E-state index in [1.54, 1.807) is 20.0 Å². The number of nitrogens with one attached hydrogen (secondary N) is 1. The van der Waals surface area contributed by atoms with Crippen LogP contribution in [0.1, 0.15) is 24.8 Å². The number of rotatable bonds is 4. The molecule has 0 heterocycles. The topological polar surface area (TPSA) is 95.7 Å². The maximum atomic E-state index is 12.2. The molecule has 2 atom stereocenters. The predicted molar refractivity (Wildman–Crippen MR) is 82.8 cm³/mol. The fourth-order valence-electron chi connectivity index (χ4n) is 2.73. The maximum Gasteiger partial charge on any atom is 0.321 e. The number of anilines is 1. The summed E-state index contributed by atoms with van der Waals surface area (Å²) in [5, 5.41) is 23.3. The van der Waals surface area contributed by atoms with Crippen molar-refractivity contribution >= 4 is 17.4 Å². The van der Waals surface area contributed by atoms with E-state index in [0.29, 0.717) is 12.2 Å². The van der Waals surface area contributed by atoms with Gasteiger partial charge in [0, 0.05) is 31.6 Å². The van der Waals surface area contributed by atoms with Crippen molar-refractivity contribution in [1.29, 1.82) is 0 Å². The SMILES string of the molecule is Cc1ccc([N+](=O)[O-])cc1NC(=O)N(C)CC1CCCC1O. The Kier molecular flexibility index (Phi) is 4.97. The molecular formula is C15H21N3O4. The third-order valence-corrected chi connectivity index (χ3v) is 4.15. The molecular weight excluding hydrogens is 286 g/mol. The molecule has 0 spiro atoms. The number of hydrogen-bond acceptors (Lipinski definition) is 4. The van der Waals surface area contributed by atoms with Crippen molar-refractivity contribution in [3.63, 3.8) is 0 Å². The molecule has 1 aliphatic carbocycles. The first kappa shape index (κ1) is 16.2. The molecule has 0 aromatic heterocycles. The smallest absolute Gasteiger partial charge is 0.321 e. The molecule has 0 bridgehead atoms. The summed E-state index contributed by atoms with van der Waals surface area (Å²) in [5.74, 6) is 0.0990. The van der Waals surface area contributed by atoms with Crippen molar-refractivity contribution in [3.05, 3.63) is 33.9 Å². The lowest BCUT2D eigenvalue weighted by molar-refractivity contribution is -0.384. The Morgan fingerprint density at radius 1 is 1.50 bits per heavy atom. The minimum Gasteiger partial charge on any atom is -0.393 e. The second kappa shape index (κ2) is 6.74. The number of carbonyl (C=O) groups excluding carboxylic acids is 1. The highest BCUT2D eigenvalue weighted by Gasteiger charge is 2.27. The van der Waals surface area contributed by atoms with Gasteiger partial charge in [-0.3, -0.25) is 10.1 Å². The zero-order valence-electron chi connectivity index (χ0n) is 12.8. The lowest BCUT2D eigenvalue weighted by Crippen LogP contribution is -2.37. The number of nitro groups is 1. The lowest BCUT2D eigenvalue weighted by atomic mass is 10.1. The molecule has 2 N–H and O–H groups in total. The molecule has 1 aliphatic rings. The highest BCUT2D eigenvalue weighted by Crippen LogP contribution is 2.26. The summed E-state index contributed by atoms with van der Waals surface area (Å²) < 4.78 is 0. The highest BCUT2D eigenvalue weighted by atomic mass is 16.6. The van der Waals surface area contributed by atoms with Crippen LogP contribution >= 0.6 is 0 Å². The molecule has 1 aromatic carbocycles. The van der Waals surface area contributed by atoms with Crippen LogP contribution in [0, 0.1) is 23.0 Å². The average molecular weight is 307 g/mol. The second-order valence-electron chi connectivity index (χ2n) is 5.83. The van der Waals surface area contributed by atoms with Crippen molar-refractivity contribution in [1.82, 2.24) is 4.90 Å². The van der Waals surface area contributed by atoms with Crippen LogP contribution in [0.4, 0.5) is 16.2 Å². The molecule has 2 unspecified atom stereocenters. The van der Waals surface area contributed by atoms with Gasteiger partial charge in [0.2, 0.25) is 0 Å². The van der Waals surface area contributed by atoms with E-state index in [1.807, 2.05) is 0 Å². The first-order chi connectivity index (χ1) is 10.4. The number of non-ortho nitro benzene ring substituents is 1. The number of nitrogens with zero attached hydrogens (tertiary/aromatic N) is 2. The van der Waals surface area contributed by atoms with Crippen LogP contribution in [-0.4, -0.2) is 40.7 Å². The van der Waals surface area contributed by atoms with E-state index >= 15 is 0 Å². The average Bonchev–Trinajstić information content (AvgIpc) is 2.86. The van der Waals surface area contributed by atoms with Gasteiger partial charge in [-0.05, 0) is 25.3 Å². The van der Waals surface area contributed by atoms with E-state index < -0.39 is 4.92 Å². The molecule has 2 amide bonds. The predicted octanol–water partition coefficient (Wildman–Crippen LogP) is 2.53. The molecule has 0 aliphatic heterocycles. The number of carbonyl (C=O) groups is 1. The largest absolute Gasteiger partial charge is 0.393 e. The van der Waals surface area contributed by atoms with E-state index in [4.69, 9.17) is 0 Å². The van der Waals surface area contributed by atoms with Gasteiger partial charge >= 0.3 is 6.03 Å². The van der Waals surface area contributed by atoms with Gasteiger partial charge in [0.1, 0.15) is 0 Å². The van der Waals surface area contributed by atoms with E-state index in [-0.39, 0.29) is 23.7 Å². The van der Waals surface area contributed by atoms with Crippen molar-refractivity contribution in [3.8, 4) is 0 Å². The van der Waals surface area contributed by atoms with Gasteiger partial charge in [-0.1, -0.05) is 12.5 Å². The summed E-state index contributed by atoms with van der Waals surface area (Å²) in [6, 6.07) is 4.03. The molecule has 2 rings (SSSR count). The third kappa shape index (κ3) is 3.73. The Hall–Kier alpha value is -2.15. The number of benzene rings is 1. The Labute approximate surface area is 129 Å². The van der Waals surface area contributed by atoms with Gasteiger partial charge in [-0.2, -0.15) is 0 Å². The first-order valence-electron chi connectivity index (χ1n) is 7.33. The number of urea groups is 1. The summed E-state index contributed by atoms with van der Waals surface area (Å²) in [6.07, 6.45) is 2.32. The van der Waals surface area contributed by atoms with Crippen LogP contribution in [0.2, 0.25) is 0 Å². The van der Waals surface area contributed by atoms with Gasteiger partial charge in [0.15, 0.2) is 0 Å². The standard InChI is InChI=1S/C15H21N3O4/c1-10-6-7-12(18(21)22)8-13(10)16-15(20)17(2)9-11-4-3-5-14(11)19/h6-8,11,14,19H,3-5,9H2,1-2H3,(H,16,20). The molecule has 7 nitrogen and oxygen atoms in total. The van der Waals surface area contributed by atoms with Crippen LogP contribution in [0.5, 0.6) is 0 Å². The second-order valence-corrected chi connectivity index (χ2v) is 5.83. The van der Waals surface area contributed by atoms with E-state index in [1.165, 1.54) is 17.0 Å². The summed E-state index contributed by atoms with van der Waals surface area (Å²) >= 11 is 0. The first-order valence-corrected chi connectivity index (χ1v) is 7.33. The van der Waals surface area contributed by atoms with Gasteiger partial charge in [-0.15, -0.1) is 0 Å². The van der Waals surface area contributed by atoms with Crippen molar-refractivity contribution in [2.24, 2.45) is 5.92 Å². The van der Waals surface area contributed by atoms with Gasteiger partial charge in [-0.25, -0.2) is 4.79 Å². The lowest BCUT2D eigenvalue weighted by Gasteiger charge is -2.23. The zero-order chi connectivity index (χ0) is 16.3. The summed E-state index contributed by atoms with van der Waals surface area (Å²) in [7, 11) is 1.66. The minimum atomic E-state index is -0.492. The minimum absolute atomic E-state index is 0.0604. The molecule has 1 saturated carbocycles. The fraction of sp³-hybridized carbons (Fsp3) is 0.533. The highest BCUT2D eigenvalue weighted by molar-refractivity contribution is 5.90. The number of aryl methyl sites for hydroxylation is 1. The number of hydrogen-bond donors (Lipinski definition) is 2. The van der Waals surface area contributed by atoms with Crippen molar-refractivity contribution in [2.45, 2.75) is 32.3 Å². The quantitative estimate of drug-likeness (QED) is 0.660. The van der Waals surface area contributed by atoms with Gasteiger partial charge in [0.05, 0.1) is 16.7 Å². The molecule has 7 heteroatoms. The molecule has 0 saturated heterocycles. The molecule has 120 valence electrons. The molecule has 0 radical (unpaired) electrons. The molecule has 22 heavy (non-hydrogen) atoms. The Morgan fingerprint density at radius 3 is 2.82 bits per heavy atom. The van der Waals surface area contributed by atoms with E-state index in [0.717, 1.165) is 24.8 Å². The Bertz CT molecular complexity index is 576. The van der Waals surface area contributed by atoms with Crippen LogP contribution in [0.25, 0.3) is 0 Å².